The van der Waals surface area contributed by atoms with Crippen molar-refractivity contribution in [1.82, 2.24) is 35.3 Å². The van der Waals surface area contributed by atoms with Crippen molar-refractivity contribution in [1.29, 1.82) is 0 Å². The second kappa shape index (κ2) is 8.14. The number of nitrogens with one attached hydrogen (secondary N) is 1. The number of aromatic nitrogens is 6. The Morgan fingerprint density at radius 3 is 3.00 bits per heavy atom. The van der Waals surface area contributed by atoms with Gasteiger partial charge in [0.25, 0.3) is 0 Å². The molecule has 2 aromatic heterocycles. The number of hydrogen-bond donors (Lipinski definition) is 1. The minimum Gasteiger partial charge on any atom is -0.315 e. The van der Waals surface area contributed by atoms with Gasteiger partial charge in [-0.1, -0.05) is 25.6 Å². The third kappa shape index (κ3) is 4.53. The molecule has 2 aromatic rings. The van der Waals surface area contributed by atoms with E-state index in [1.165, 1.54) is 0 Å². The maximum atomic E-state index is 4.59. The molecule has 0 amide bonds. The minimum absolute atomic E-state index is 0.439. The predicted octanol–water partition coefficient (Wildman–Crippen LogP) is 1.74. The molecule has 2 rings (SSSR count). The highest BCUT2D eigenvalue weighted by Crippen LogP contribution is 2.19. The second-order valence-corrected chi connectivity index (χ2v) is 5.81. The Bertz CT molecular complexity index is 536. The van der Waals surface area contributed by atoms with Crippen LogP contribution >= 0.6 is 11.8 Å². The fourth-order valence-corrected chi connectivity index (χ4v) is 2.63. The van der Waals surface area contributed by atoms with Gasteiger partial charge in [0, 0.05) is 24.5 Å². The Balaban J connectivity index is 1.88. The van der Waals surface area contributed by atoms with E-state index in [0.29, 0.717) is 6.04 Å². The van der Waals surface area contributed by atoms with Crippen molar-refractivity contribution in [2.45, 2.75) is 50.7 Å². The summed E-state index contributed by atoms with van der Waals surface area (Å²) in [7, 11) is 0. The highest BCUT2D eigenvalue weighted by molar-refractivity contribution is 7.98. The van der Waals surface area contributed by atoms with Crippen LogP contribution in [0.2, 0.25) is 0 Å². The lowest BCUT2D eigenvalue weighted by molar-refractivity contribution is 0.475. The molecule has 1 unspecified atom stereocenters. The Morgan fingerprint density at radius 2 is 2.24 bits per heavy atom. The first-order valence-electron chi connectivity index (χ1n) is 7.38. The van der Waals surface area contributed by atoms with Crippen molar-refractivity contribution in [3.8, 4) is 0 Å². The zero-order valence-corrected chi connectivity index (χ0v) is 13.7. The Morgan fingerprint density at radius 1 is 1.38 bits per heavy atom. The lowest BCUT2D eigenvalue weighted by Gasteiger charge is -2.08. The fourth-order valence-electron chi connectivity index (χ4n) is 1.83. The van der Waals surface area contributed by atoms with Gasteiger partial charge in [0.05, 0.1) is 12.2 Å². The summed E-state index contributed by atoms with van der Waals surface area (Å²) in [5, 5.41) is 20.5. The zero-order chi connectivity index (χ0) is 15.1. The predicted molar refractivity (Wildman–Crippen MR) is 83.2 cm³/mol. The van der Waals surface area contributed by atoms with Crippen molar-refractivity contribution in [2.24, 2.45) is 0 Å². The highest BCUT2D eigenvalue weighted by atomic mass is 32.2. The second-order valence-electron chi connectivity index (χ2n) is 4.87. The van der Waals surface area contributed by atoms with E-state index in [0.717, 1.165) is 42.7 Å². The van der Waals surface area contributed by atoms with E-state index in [1.54, 1.807) is 11.8 Å². The van der Waals surface area contributed by atoms with E-state index in [-0.39, 0.29) is 0 Å². The average molecular weight is 309 g/mol. The minimum atomic E-state index is 0.439. The summed E-state index contributed by atoms with van der Waals surface area (Å²) < 4.78 is 3.85. The molecular formula is C13H23N7S. The monoisotopic (exact) mass is 309 g/mol. The Labute approximate surface area is 129 Å². The fraction of sp³-hybridized carbons (Fsp3) is 0.692. The van der Waals surface area contributed by atoms with Gasteiger partial charge in [0.1, 0.15) is 0 Å². The largest absolute Gasteiger partial charge is 0.315 e. The SMILES string of the molecule is CCNCCn1nnnc1SCc1ccn(C(C)CC)n1. The molecule has 0 fully saturated rings. The van der Waals surface area contributed by atoms with Gasteiger partial charge in [-0.3, -0.25) is 4.68 Å². The van der Waals surface area contributed by atoms with Crippen molar-refractivity contribution >= 4 is 11.8 Å². The third-order valence-corrected chi connectivity index (χ3v) is 4.30. The quantitative estimate of drug-likeness (QED) is 0.562. The molecule has 21 heavy (non-hydrogen) atoms. The van der Waals surface area contributed by atoms with Crippen LogP contribution in [0.4, 0.5) is 0 Å². The van der Waals surface area contributed by atoms with Gasteiger partial charge in [-0.15, -0.1) is 5.10 Å². The first-order valence-corrected chi connectivity index (χ1v) is 8.36. The van der Waals surface area contributed by atoms with Gasteiger partial charge < -0.3 is 5.32 Å². The molecule has 0 aliphatic heterocycles. The highest BCUT2D eigenvalue weighted by Gasteiger charge is 2.09. The molecule has 0 aliphatic carbocycles. The first-order chi connectivity index (χ1) is 10.2. The summed E-state index contributed by atoms with van der Waals surface area (Å²) in [5.41, 5.74) is 1.06. The van der Waals surface area contributed by atoms with E-state index >= 15 is 0 Å². The van der Waals surface area contributed by atoms with Gasteiger partial charge in [-0.05, 0) is 36.4 Å². The van der Waals surface area contributed by atoms with Gasteiger partial charge in [-0.25, -0.2) is 4.68 Å². The molecule has 0 saturated carbocycles. The Kier molecular flexibility index (Phi) is 6.19. The van der Waals surface area contributed by atoms with Crippen molar-refractivity contribution in [3.63, 3.8) is 0 Å². The molecular weight excluding hydrogens is 286 g/mol. The third-order valence-electron chi connectivity index (χ3n) is 3.30. The molecule has 0 saturated heterocycles. The standard InChI is InChI=1S/C13H23N7S/c1-4-11(3)19-8-6-12(16-19)10-21-13-15-17-18-20(13)9-7-14-5-2/h6,8,11,14H,4-5,7,9-10H2,1-3H3. The number of nitrogens with zero attached hydrogens (tertiary/aromatic N) is 6. The molecule has 1 atom stereocenters. The summed E-state index contributed by atoms with van der Waals surface area (Å²) >= 11 is 1.62. The van der Waals surface area contributed by atoms with Crippen LogP contribution in [0, 0.1) is 0 Å². The van der Waals surface area contributed by atoms with Gasteiger partial charge in [0.2, 0.25) is 5.16 Å². The normalized spacial score (nSPS) is 12.7. The maximum absolute atomic E-state index is 4.59. The van der Waals surface area contributed by atoms with Gasteiger partial charge in [-0.2, -0.15) is 5.10 Å². The molecule has 0 spiro atoms. The smallest absolute Gasteiger partial charge is 0.209 e. The van der Waals surface area contributed by atoms with E-state index in [1.807, 2.05) is 15.6 Å². The van der Waals surface area contributed by atoms with Crippen molar-refractivity contribution in [3.05, 3.63) is 18.0 Å². The molecule has 8 heteroatoms. The summed E-state index contributed by atoms with van der Waals surface area (Å²) in [5.74, 6) is 0.783. The van der Waals surface area contributed by atoms with Crippen LogP contribution in [0.5, 0.6) is 0 Å². The van der Waals surface area contributed by atoms with Gasteiger partial charge >= 0.3 is 0 Å². The molecule has 2 heterocycles. The molecule has 0 aliphatic rings. The number of likely N-dealkylation sites (N-methyl/N-ethyl adjacent to an activating group) is 1. The number of tetrazole rings is 1. The van der Waals surface area contributed by atoms with Crippen LogP contribution in [0.1, 0.15) is 38.9 Å². The van der Waals surface area contributed by atoms with Crippen molar-refractivity contribution < 1.29 is 0 Å². The maximum Gasteiger partial charge on any atom is 0.209 e. The molecule has 116 valence electrons. The summed E-state index contributed by atoms with van der Waals surface area (Å²) in [6, 6.07) is 2.50. The molecule has 7 nitrogen and oxygen atoms in total. The Hall–Kier alpha value is -1.41. The van der Waals surface area contributed by atoms with Crippen molar-refractivity contribution in [2.75, 3.05) is 13.1 Å². The van der Waals surface area contributed by atoms with E-state index in [2.05, 4.69) is 52.8 Å². The van der Waals surface area contributed by atoms with E-state index in [4.69, 9.17) is 0 Å². The summed E-state index contributed by atoms with van der Waals surface area (Å²) in [6.45, 7) is 9.03. The average Bonchev–Trinajstić information content (AvgIpc) is 3.13. The van der Waals surface area contributed by atoms with Crippen LogP contribution in [-0.4, -0.2) is 43.1 Å². The van der Waals surface area contributed by atoms with Crippen LogP contribution in [0.3, 0.4) is 0 Å². The lowest BCUT2D eigenvalue weighted by Crippen LogP contribution is -2.20. The number of thioether (sulfide) groups is 1. The molecule has 0 aromatic carbocycles. The first kappa shape index (κ1) is 16.0. The van der Waals surface area contributed by atoms with E-state index < -0.39 is 0 Å². The topological polar surface area (TPSA) is 73.5 Å². The van der Waals surface area contributed by atoms with Crippen LogP contribution in [0.25, 0.3) is 0 Å². The number of hydrogen-bond acceptors (Lipinski definition) is 6. The summed E-state index contributed by atoms with van der Waals surface area (Å²) in [6.07, 6.45) is 3.12. The van der Waals surface area contributed by atoms with Gasteiger partial charge in [0.15, 0.2) is 0 Å². The number of rotatable bonds is 9. The van der Waals surface area contributed by atoms with Crippen LogP contribution < -0.4 is 5.32 Å². The lowest BCUT2D eigenvalue weighted by atomic mass is 10.3. The molecule has 0 bridgehead atoms. The van der Waals surface area contributed by atoms with Crippen LogP contribution in [-0.2, 0) is 12.3 Å². The zero-order valence-electron chi connectivity index (χ0n) is 12.9. The van der Waals surface area contributed by atoms with Crippen LogP contribution in [0.15, 0.2) is 17.4 Å². The summed E-state index contributed by atoms with van der Waals surface area (Å²) in [4.78, 5) is 0. The molecule has 0 radical (unpaired) electrons. The molecule has 1 N–H and O–H groups in total. The van der Waals surface area contributed by atoms with E-state index in [9.17, 15) is 0 Å².